The van der Waals surface area contributed by atoms with Crippen LogP contribution in [0.25, 0.3) is 89.2 Å². The third kappa shape index (κ3) is 18.0. The van der Waals surface area contributed by atoms with E-state index in [4.69, 9.17) is 15.0 Å². The number of nitrogens with one attached hydrogen (secondary N) is 9. The molecule has 4 fully saturated rings. The molecular weight excluding hydrogens is 1310 g/mol. The quantitative estimate of drug-likeness (QED) is 0.0382. The van der Waals surface area contributed by atoms with E-state index >= 15 is 0 Å². The van der Waals surface area contributed by atoms with Gasteiger partial charge in [0.25, 0.3) is 0 Å². The number of hydrogen-bond acceptors (Lipinski definition) is 20. The van der Waals surface area contributed by atoms with Gasteiger partial charge in [-0.1, -0.05) is 31.2 Å². The van der Waals surface area contributed by atoms with E-state index in [0.29, 0.717) is 29.9 Å². The van der Waals surface area contributed by atoms with Crippen LogP contribution in [0.3, 0.4) is 0 Å². The molecule has 24 heteroatoms. The van der Waals surface area contributed by atoms with Gasteiger partial charge >= 0.3 is 0 Å². The van der Waals surface area contributed by atoms with Crippen LogP contribution in [0.1, 0.15) is 82.3 Å². The Morgan fingerprint density at radius 2 is 0.724 bits per heavy atom. The Hall–Kier alpha value is -11.4. The minimum Gasteiger partial charge on any atom is -0.393 e. The van der Waals surface area contributed by atoms with Gasteiger partial charge in [-0.3, -0.25) is 0 Å². The maximum Gasteiger partial charge on any atom is 0.227 e. The SMILES string of the molecule is CC1CCC(Nc2nccc(-c3c[nH]c4ncccc34)n2)CC1.OC1CCC(Nc2nccc(-c3c[nH]c4ncccc34)n2)CC1.c1cnc2[nH]cc(-c3ccnc(Nc4ccc(CCN5CCCC5)cc4)n3)c2c1.c1cnc2[nH]cc(-c3ccnc(Nc4ccc(CCN5CCNCC5)cc4)n3)c2c1. The molecule has 2 aromatic carbocycles. The number of nitrogens with zero attached hydrogens (tertiary/aromatic N) is 14. The number of aliphatic hydroxyl groups excluding tert-OH is 1. The van der Waals surface area contributed by atoms with E-state index in [2.05, 4.69) is 163 Å². The van der Waals surface area contributed by atoms with Gasteiger partial charge < -0.3 is 61.4 Å². The number of aliphatic hydroxyl groups is 1. The Bertz CT molecular complexity index is 4950. The number of anilines is 6. The molecule has 534 valence electrons. The molecule has 14 heterocycles. The normalized spacial score (nSPS) is 17.6. The molecule has 4 aliphatic rings. The van der Waals surface area contributed by atoms with Crippen LogP contribution in [0.5, 0.6) is 0 Å². The molecule has 2 aliphatic carbocycles. The maximum absolute atomic E-state index is 9.59. The highest BCUT2D eigenvalue weighted by molar-refractivity contribution is 5.95. The molecule has 0 radical (unpaired) electrons. The summed E-state index contributed by atoms with van der Waals surface area (Å²) in [7, 11) is 0. The van der Waals surface area contributed by atoms with E-state index in [1.807, 2.05) is 97.7 Å². The number of pyridine rings is 4. The van der Waals surface area contributed by atoms with Gasteiger partial charge in [0.1, 0.15) is 22.6 Å². The summed E-state index contributed by atoms with van der Waals surface area (Å²) in [5, 5.41) is 30.8. The molecule has 2 saturated heterocycles. The van der Waals surface area contributed by atoms with Gasteiger partial charge in [0.2, 0.25) is 23.8 Å². The summed E-state index contributed by atoms with van der Waals surface area (Å²) in [4.78, 5) is 71.4. The van der Waals surface area contributed by atoms with Gasteiger partial charge in [-0.2, -0.15) is 0 Å². The summed E-state index contributed by atoms with van der Waals surface area (Å²) in [6.07, 6.45) is 35.3. The van der Waals surface area contributed by atoms with Crippen LogP contribution < -0.4 is 26.6 Å². The molecule has 18 rings (SSSR count). The van der Waals surface area contributed by atoms with E-state index in [1.165, 1.54) is 62.7 Å². The minimum atomic E-state index is -0.154. The zero-order chi connectivity index (χ0) is 70.9. The highest BCUT2D eigenvalue weighted by Crippen LogP contribution is 2.33. The Morgan fingerprint density at radius 1 is 0.381 bits per heavy atom. The number of benzene rings is 2. The van der Waals surface area contributed by atoms with Crippen LogP contribution in [-0.4, -0.2) is 165 Å². The number of rotatable bonds is 18. The van der Waals surface area contributed by atoms with Crippen molar-refractivity contribution in [2.75, 3.05) is 73.6 Å². The fraction of sp³-hybridized carbons (Fsp3) is 0.309. The summed E-state index contributed by atoms with van der Waals surface area (Å²) < 4.78 is 0. The molecule has 0 spiro atoms. The third-order valence-electron chi connectivity index (χ3n) is 20.2. The molecule has 0 unspecified atom stereocenters. The van der Waals surface area contributed by atoms with Crippen molar-refractivity contribution in [2.24, 2.45) is 5.92 Å². The maximum atomic E-state index is 9.59. The number of aromatic amines is 4. The fourth-order valence-electron chi connectivity index (χ4n) is 14.2. The van der Waals surface area contributed by atoms with Gasteiger partial charge in [-0.15, -0.1) is 0 Å². The smallest absolute Gasteiger partial charge is 0.227 e. The monoisotopic (exact) mass is 1400 g/mol. The van der Waals surface area contributed by atoms with Crippen molar-refractivity contribution in [3.05, 3.63) is 207 Å². The van der Waals surface area contributed by atoms with Gasteiger partial charge in [-0.25, -0.2) is 59.8 Å². The highest BCUT2D eigenvalue weighted by atomic mass is 16.3. The molecule has 105 heavy (non-hydrogen) atoms. The molecule has 2 aliphatic heterocycles. The summed E-state index contributed by atoms with van der Waals surface area (Å²) in [6.45, 7) is 11.6. The number of likely N-dealkylation sites (tertiary alicyclic amines) is 1. The predicted octanol–water partition coefficient (Wildman–Crippen LogP) is 14.4. The van der Waals surface area contributed by atoms with E-state index in [0.717, 1.165) is 190 Å². The Kier molecular flexibility index (Phi) is 22.3. The molecule has 0 atom stereocenters. The van der Waals surface area contributed by atoms with Crippen molar-refractivity contribution in [2.45, 2.75) is 102 Å². The fourth-order valence-corrected chi connectivity index (χ4v) is 14.2. The number of aromatic nitrogens is 16. The molecule has 10 N–H and O–H groups in total. The van der Waals surface area contributed by atoms with E-state index in [1.54, 1.807) is 43.4 Å². The number of piperazine rings is 1. The van der Waals surface area contributed by atoms with Gasteiger partial charge in [-0.05, 0) is 204 Å². The zero-order valence-electron chi connectivity index (χ0n) is 59.1. The molecular formula is C81H89N23O. The van der Waals surface area contributed by atoms with Crippen molar-refractivity contribution < 1.29 is 5.11 Å². The Morgan fingerprint density at radius 3 is 1.10 bits per heavy atom. The first-order chi connectivity index (χ1) is 51.8. The lowest BCUT2D eigenvalue weighted by molar-refractivity contribution is 0.126. The van der Waals surface area contributed by atoms with Gasteiger partial charge in [0, 0.05) is 181 Å². The molecule has 2 saturated carbocycles. The summed E-state index contributed by atoms with van der Waals surface area (Å²) in [6, 6.07) is 41.6. The minimum absolute atomic E-state index is 0.154. The highest BCUT2D eigenvalue weighted by Gasteiger charge is 2.23. The van der Waals surface area contributed by atoms with Crippen LogP contribution in [0.4, 0.5) is 35.2 Å². The van der Waals surface area contributed by atoms with E-state index < -0.39 is 0 Å². The van der Waals surface area contributed by atoms with Crippen molar-refractivity contribution in [3.8, 4) is 45.0 Å². The Balaban J connectivity index is 0.000000113. The van der Waals surface area contributed by atoms with E-state index in [9.17, 15) is 5.11 Å². The van der Waals surface area contributed by atoms with Crippen molar-refractivity contribution in [1.82, 2.24) is 94.9 Å². The number of hydrogen-bond donors (Lipinski definition) is 10. The molecule has 14 aromatic rings. The first kappa shape index (κ1) is 69.3. The lowest BCUT2D eigenvalue weighted by Gasteiger charge is -2.27. The van der Waals surface area contributed by atoms with Crippen LogP contribution in [0.15, 0.2) is 196 Å². The van der Waals surface area contributed by atoms with E-state index in [-0.39, 0.29) is 6.10 Å². The number of fused-ring (bicyclic) bond motifs is 4. The molecule has 12 aromatic heterocycles. The molecule has 24 nitrogen and oxygen atoms in total. The van der Waals surface area contributed by atoms with Crippen molar-refractivity contribution >= 4 is 79.3 Å². The van der Waals surface area contributed by atoms with Crippen molar-refractivity contribution in [1.29, 1.82) is 0 Å². The first-order valence-corrected chi connectivity index (χ1v) is 36.9. The summed E-state index contributed by atoms with van der Waals surface area (Å²) >= 11 is 0. The second kappa shape index (κ2) is 33.8. The van der Waals surface area contributed by atoms with Gasteiger partial charge in [0.15, 0.2) is 0 Å². The summed E-state index contributed by atoms with van der Waals surface area (Å²) in [5.41, 5.74) is 15.8. The Labute approximate surface area is 609 Å². The third-order valence-corrected chi connectivity index (χ3v) is 20.2. The van der Waals surface area contributed by atoms with Gasteiger partial charge in [0.05, 0.1) is 28.9 Å². The lowest BCUT2D eigenvalue weighted by atomic mass is 9.87. The second-order valence-electron chi connectivity index (χ2n) is 27.5. The second-order valence-corrected chi connectivity index (χ2v) is 27.5. The topological polar surface area (TPSA) is 305 Å². The first-order valence-electron chi connectivity index (χ1n) is 36.9. The predicted molar refractivity (Wildman–Crippen MR) is 417 cm³/mol. The van der Waals surface area contributed by atoms with Crippen molar-refractivity contribution in [3.63, 3.8) is 0 Å². The lowest BCUT2D eigenvalue weighted by Crippen LogP contribution is -2.44. The average Bonchev–Trinajstić information content (AvgIpc) is 1.69. The number of H-pyrrole nitrogens is 4. The molecule has 0 amide bonds. The van der Waals surface area contributed by atoms with Crippen LogP contribution in [-0.2, 0) is 12.8 Å². The van der Waals surface area contributed by atoms with Crippen LogP contribution in [0.2, 0.25) is 0 Å². The standard InChI is InChI=1S/C23H25N7.C23H24N6.C18H21N5.C17H19N5O/c1-2-19-20(16-27-22(19)25-9-1)21-7-10-26-23(29-21)28-18-5-3-17(4-6-18)8-13-30-14-11-24-12-15-30;1-2-14-29(13-1)15-10-17-5-7-18(8-6-17)27-23-25-12-9-21(28-23)20-16-26-22-19(20)4-3-11-24-22;1-12-4-6-13(7-5-12)22-18-20-10-8-16(23-18)15-11-21-17-14(15)3-2-9-19-17;23-12-5-3-11(4-6-12)21-17-19-9-7-15(22-17)14-10-20-16-13(14)2-1-8-18-16/h1-7,9-10,16,24H,8,11-15H2,(H,25,27)(H,26,28,29);3-9,11-12,16H,1-2,10,13-15H2,(H,24,26)(H,25,27,28);2-3,8-13H,4-7H2,1H3,(H,19,21)(H,20,22,23);1-2,7-12,23H,3-6H2,(H,18,20)(H,19,21,22). The summed E-state index contributed by atoms with van der Waals surface area (Å²) in [5.74, 6) is 3.38. The van der Waals surface area contributed by atoms with Crippen LogP contribution in [0, 0.1) is 5.92 Å². The largest absolute Gasteiger partial charge is 0.393 e. The van der Waals surface area contributed by atoms with Crippen LogP contribution >= 0.6 is 0 Å². The zero-order valence-corrected chi connectivity index (χ0v) is 59.1. The molecule has 0 bridgehead atoms. The average molecular weight is 1400 g/mol.